The fraction of sp³-hybridized carbons (Fsp3) is 0.0714. The zero-order valence-corrected chi connectivity index (χ0v) is 20.4. The minimum absolute atomic E-state index is 0.0962. The predicted molar refractivity (Wildman–Crippen MR) is 145 cm³/mol. The van der Waals surface area contributed by atoms with E-state index >= 15 is 0 Å². The van der Waals surface area contributed by atoms with Crippen LogP contribution in [-0.2, 0) is 0 Å². The number of thiazole rings is 1. The van der Waals surface area contributed by atoms with Gasteiger partial charge in [-0.15, -0.1) is 21.6 Å². The molecule has 5 aromatic rings. The standard InChI is InChI=1S/C28H21N5S2/c1-4-11-20(12-5-1)23-19-24(25-17-10-18-34-25)33(32-23)28-29-26(21-13-6-2-7-14-21)27(35-28)31-30-22-15-8-3-9-16-22/h1-18,24H,19H2. The Balaban J connectivity index is 1.44. The number of rotatable bonds is 6. The molecule has 0 radical (unpaired) electrons. The van der Waals surface area contributed by atoms with Crippen LogP contribution in [0.3, 0.4) is 0 Å². The van der Waals surface area contributed by atoms with Crippen LogP contribution in [0.1, 0.15) is 22.9 Å². The van der Waals surface area contributed by atoms with Gasteiger partial charge in [0.25, 0.3) is 0 Å². The highest BCUT2D eigenvalue weighted by molar-refractivity contribution is 7.19. The molecule has 0 amide bonds. The Kier molecular flexibility index (Phi) is 6.00. The van der Waals surface area contributed by atoms with Gasteiger partial charge in [-0.1, -0.05) is 96.3 Å². The number of aromatic nitrogens is 1. The molecule has 1 aliphatic heterocycles. The van der Waals surface area contributed by atoms with Crippen LogP contribution in [0.5, 0.6) is 0 Å². The molecular formula is C28H21N5S2. The summed E-state index contributed by atoms with van der Waals surface area (Å²) in [5.41, 5.74) is 4.84. The molecule has 3 aromatic carbocycles. The van der Waals surface area contributed by atoms with Crippen molar-refractivity contribution >= 4 is 44.2 Å². The zero-order valence-electron chi connectivity index (χ0n) is 18.7. The van der Waals surface area contributed by atoms with E-state index in [2.05, 4.69) is 69.1 Å². The molecule has 5 nitrogen and oxygen atoms in total. The average molecular weight is 492 g/mol. The molecule has 170 valence electrons. The van der Waals surface area contributed by atoms with Crippen LogP contribution in [-0.4, -0.2) is 10.7 Å². The molecule has 35 heavy (non-hydrogen) atoms. The minimum atomic E-state index is 0.0962. The Morgan fingerprint density at radius 1 is 0.743 bits per heavy atom. The molecule has 3 heterocycles. The molecule has 2 aromatic heterocycles. The number of hydrogen-bond acceptors (Lipinski definition) is 7. The Labute approximate surface area is 211 Å². The number of benzene rings is 3. The first-order chi connectivity index (χ1) is 17.3. The van der Waals surface area contributed by atoms with Crippen molar-refractivity contribution in [3.05, 3.63) is 119 Å². The maximum atomic E-state index is 5.06. The normalized spacial score (nSPS) is 15.6. The highest BCUT2D eigenvalue weighted by Gasteiger charge is 2.33. The van der Waals surface area contributed by atoms with Crippen LogP contribution in [0.4, 0.5) is 15.8 Å². The smallest absolute Gasteiger partial charge is 0.209 e. The third kappa shape index (κ3) is 4.56. The quantitative estimate of drug-likeness (QED) is 0.223. The molecule has 0 saturated carbocycles. The van der Waals surface area contributed by atoms with E-state index in [1.165, 1.54) is 16.2 Å². The number of thiophene rings is 1. The van der Waals surface area contributed by atoms with Gasteiger partial charge in [-0.25, -0.2) is 9.99 Å². The predicted octanol–water partition coefficient (Wildman–Crippen LogP) is 8.64. The van der Waals surface area contributed by atoms with E-state index in [0.717, 1.165) is 44.8 Å². The van der Waals surface area contributed by atoms with Crippen LogP contribution in [0, 0.1) is 0 Å². The second-order valence-corrected chi connectivity index (χ2v) is 9.98. The molecule has 0 N–H and O–H groups in total. The molecule has 1 atom stereocenters. The lowest BCUT2D eigenvalue weighted by atomic mass is 10.0. The van der Waals surface area contributed by atoms with Crippen LogP contribution < -0.4 is 5.01 Å². The summed E-state index contributed by atoms with van der Waals surface area (Å²) in [6.07, 6.45) is 0.825. The first kappa shape index (κ1) is 21.6. The Bertz CT molecular complexity index is 1460. The lowest BCUT2D eigenvalue weighted by molar-refractivity contribution is 0.719. The third-order valence-electron chi connectivity index (χ3n) is 5.74. The molecule has 7 heteroatoms. The fourth-order valence-corrected chi connectivity index (χ4v) is 5.77. The topological polar surface area (TPSA) is 53.2 Å². The molecule has 0 aliphatic carbocycles. The van der Waals surface area contributed by atoms with Gasteiger partial charge in [0, 0.05) is 16.9 Å². The average Bonchev–Trinajstić information content (AvgIpc) is 3.69. The third-order valence-corrected chi connectivity index (χ3v) is 7.65. The summed E-state index contributed by atoms with van der Waals surface area (Å²) in [4.78, 5) is 6.32. The van der Waals surface area contributed by atoms with Gasteiger partial charge < -0.3 is 0 Å². The van der Waals surface area contributed by atoms with E-state index in [4.69, 9.17) is 10.1 Å². The van der Waals surface area contributed by atoms with Gasteiger partial charge in [0.2, 0.25) is 5.13 Å². The number of azo groups is 1. The number of anilines is 1. The lowest BCUT2D eigenvalue weighted by Gasteiger charge is -2.19. The van der Waals surface area contributed by atoms with Gasteiger partial charge in [0.1, 0.15) is 5.69 Å². The van der Waals surface area contributed by atoms with Crippen molar-refractivity contribution in [3.63, 3.8) is 0 Å². The van der Waals surface area contributed by atoms with Gasteiger partial charge in [0.15, 0.2) is 5.00 Å². The summed E-state index contributed by atoms with van der Waals surface area (Å²) in [6.45, 7) is 0. The van der Waals surface area contributed by atoms with Crippen molar-refractivity contribution in [2.75, 3.05) is 5.01 Å². The molecule has 0 fully saturated rings. The fourth-order valence-electron chi connectivity index (χ4n) is 4.04. The van der Waals surface area contributed by atoms with E-state index < -0.39 is 0 Å². The number of hydrazone groups is 1. The monoisotopic (exact) mass is 491 g/mol. The Morgan fingerprint density at radius 2 is 1.43 bits per heavy atom. The zero-order chi connectivity index (χ0) is 23.5. The van der Waals surface area contributed by atoms with Gasteiger partial charge >= 0.3 is 0 Å². The molecule has 0 saturated heterocycles. The summed E-state index contributed by atoms with van der Waals surface area (Å²) in [6, 6.07) is 34.7. The molecule has 0 bridgehead atoms. The van der Waals surface area contributed by atoms with Crippen LogP contribution >= 0.6 is 22.7 Å². The highest BCUT2D eigenvalue weighted by atomic mass is 32.1. The van der Waals surface area contributed by atoms with E-state index in [1.54, 1.807) is 11.3 Å². The Hall–Kier alpha value is -3.94. The first-order valence-electron chi connectivity index (χ1n) is 11.3. The maximum absolute atomic E-state index is 5.06. The summed E-state index contributed by atoms with van der Waals surface area (Å²) < 4.78 is 0. The summed E-state index contributed by atoms with van der Waals surface area (Å²) >= 11 is 3.27. The summed E-state index contributed by atoms with van der Waals surface area (Å²) in [7, 11) is 0. The molecule has 6 rings (SSSR count). The number of hydrogen-bond donors (Lipinski definition) is 0. The van der Waals surface area contributed by atoms with Gasteiger partial charge in [-0.2, -0.15) is 5.10 Å². The second-order valence-electron chi connectivity index (χ2n) is 8.04. The van der Waals surface area contributed by atoms with E-state index in [9.17, 15) is 0 Å². The van der Waals surface area contributed by atoms with Gasteiger partial charge in [0.05, 0.1) is 17.4 Å². The molecule has 1 aliphatic rings. The van der Waals surface area contributed by atoms with Gasteiger partial charge in [-0.3, -0.25) is 0 Å². The molecule has 1 unspecified atom stereocenters. The second kappa shape index (κ2) is 9.74. The van der Waals surface area contributed by atoms with E-state index in [0.29, 0.717) is 0 Å². The van der Waals surface area contributed by atoms with E-state index in [-0.39, 0.29) is 6.04 Å². The van der Waals surface area contributed by atoms with Crippen molar-refractivity contribution in [3.8, 4) is 11.3 Å². The van der Waals surface area contributed by atoms with Crippen LogP contribution in [0.2, 0.25) is 0 Å². The minimum Gasteiger partial charge on any atom is -0.230 e. The lowest BCUT2D eigenvalue weighted by Crippen LogP contribution is -2.17. The van der Waals surface area contributed by atoms with Gasteiger partial charge in [-0.05, 0) is 29.1 Å². The molecule has 0 spiro atoms. The summed E-state index contributed by atoms with van der Waals surface area (Å²) in [5.74, 6) is 0. The van der Waals surface area contributed by atoms with Crippen molar-refractivity contribution in [2.24, 2.45) is 15.3 Å². The van der Waals surface area contributed by atoms with Crippen molar-refractivity contribution < 1.29 is 0 Å². The van der Waals surface area contributed by atoms with Crippen LogP contribution in [0.15, 0.2) is 124 Å². The number of nitrogens with zero attached hydrogens (tertiary/aromatic N) is 5. The first-order valence-corrected chi connectivity index (χ1v) is 13.0. The molecular weight excluding hydrogens is 470 g/mol. The van der Waals surface area contributed by atoms with E-state index in [1.807, 2.05) is 54.6 Å². The SMILES string of the molecule is c1ccc(N=Nc2sc(N3N=C(c4ccccc4)CC3c3cccs3)nc2-c2ccccc2)cc1. The van der Waals surface area contributed by atoms with Crippen molar-refractivity contribution in [2.45, 2.75) is 12.5 Å². The highest BCUT2D eigenvalue weighted by Crippen LogP contribution is 2.45. The Morgan fingerprint density at radius 3 is 2.11 bits per heavy atom. The van der Waals surface area contributed by atoms with Crippen molar-refractivity contribution in [1.29, 1.82) is 0 Å². The summed E-state index contributed by atoms with van der Waals surface area (Å²) in [5, 5.41) is 19.9. The van der Waals surface area contributed by atoms with Crippen LogP contribution in [0.25, 0.3) is 11.3 Å². The van der Waals surface area contributed by atoms with Crippen molar-refractivity contribution in [1.82, 2.24) is 4.98 Å². The largest absolute Gasteiger partial charge is 0.230 e. The maximum Gasteiger partial charge on any atom is 0.209 e.